The molecular formula is C14H16N2O3. The number of nitrogens with zero attached hydrogens (tertiary/aromatic N) is 1. The SMILES string of the molecule is O=C(O)C=Cc1cncc(C(=O)NCCC2CC2)c1. The van der Waals surface area contributed by atoms with Crippen molar-refractivity contribution in [1.82, 2.24) is 10.3 Å². The number of rotatable bonds is 6. The van der Waals surface area contributed by atoms with Crippen molar-refractivity contribution in [2.45, 2.75) is 19.3 Å². The van der Waals surface area contributed by atoms with Crippen molar-refractivity contribution in [3.8, 4) is 0 Å². The van der Waals surface area contributed by atoms with Crippen molar-refractivity contribution in [3.63, 3.8) is 0 Å². The van der Waals surface area contributed by atoms with Gasteiger partial charge in [-0.1, -0.05) is 12.8 Å². The van der Waals surface area contributed by atoms with Crippen molar-refractivity contribution in [1.29, 1.82) is 0 Å². The largest absolute Gasteiger partial charge is 0.478 e. The second kappa shape index (κ2) is 6.13. The van der Waals surface area contributed by atoms with E-state index in [-0.39, 0.29) is 5.91 Å². The molecule has 0 aromatic carbocycles. The molecule has 0 spiro atoms. The number of carbonyl (C=O) groups excluding carboxylic acids is 1. The molecule has 0 radical (unpaired) electrons. The van der Waals surface area contributed by atoms with Crippen LogP contribution < -0.4 is 5.32 Å². The third kappa shape index (κ3) is 4.54. The molecule has 1 amide bonds. The Morgan fingerprint density at radius 2 is 2.21 bits per heavy atom. The van der Waals surface area contributed by atoms with E-state index in [9.17, 15) is 9.59 Å². The molecule has 100 valence electrons. The summed E-state index contributed by atoms with van der Waals surface area (Å²) in [6, 6.07) is 1.62. The highest BCUT2D eigenvalue weighted by atomic mass is 16.4. The number of carbonyl (C=O) groups is 2. The minimum Gasteiger partial charge on any atom is -0.478 e. The molecule has 0 bridgehead atoms. The highest BCUT2D eigenvalue weighted by molar-refractivity contribution is 5.94. The van der Waals surface area contributed by atoms with Crippen LogP contribution in [0, 0.1) is 5.92 Å². The number of aromatic nitrogens is 1. The van der Waals surface area contributed by atoms with Gasteiger partial charge in [0.25, 0.3) is 5.91 Å². The highest BCUT2D eigenvalue weighted by Gasteiger charge is 2.20. The number of amides is 1. The first-order valence-electron chi connectivity index (χ1n) is 6.29. The van der Waals surface area contributed by atoms with Crippen LogP contribution in [0.2, 0.25) is 0 Å². The lowest BCUT2D eigenvalue weighted by molar-refractivity contribution is -0.131. The zero-order valence-electron chi connectivity index (χ0n) is 10.5. The molecule has 0 unspecified atom stereocenters. The monoisotopic (exact) mass is 260 g/mol. The van der Waals surface area contributed by atoms with Gasteiger partial charge in [0.05, 0.1) is 5.56 Å². The van der Waals surface area contributed by atoms with Crippen molar-refractivity contribution in [3.05, 3.63) is 35.7 Å². The molecule has 1 fully saturated rings. The summed E-state index contributed by atoms with van der Waals surface area (Å²) in [5, 5.41) is 11.4. The Hall–Kier alpha value is -2.17. The number of carboxylic acids is 1. The average Bonchev–Trinajstić information content (AvgIpc) is 3.21. The summed E-state index contributed by atoms with van der Waals surface area (Å²) in [5.41, 5.74) is 1.04. The second-order valence-electron chi connectivity index (χ2n) is 4.67. The van der Waals surface area contributed by atoms with Gasteiger partial charge in [0, 0.05) is 25.0 Å². The predicted molar refractivity (Wildman–Crippen MR) is 70.6 cm³/mol. The predicted octanol–water partition coefficient (Wildman–Crippen LogP) is 1.71. The van der Waals surface area contributed by atoms with Gasteiger partial charge in [-0.3, -0.25) is 9.78 Å². The molecule has 2 N–H and O–H groups in total. The summed E-state index contributed by atoms with van der Waals surface area (Å²) in [5.74, 6) is -0.415. The molecule has 0 saturated heterocycles. The molecule has 1 aromatic heterocycles. The number of nitrogens with one attached hydrogen (secondary N) is 1. The van der Waals surface area contributed by atoms with E-state index in [1.807, 2.05) is 0 Å². The first-order valence-corrected chi connectivity index (χ1v) is 6.29. The van der Waals surface area contributed by atoms with Crippen molar-refractivity contribution in [2.24, 2.45) is 5.92 Å². The van der Waals surface area contributed by atoms with Crippen LogP contribution in [0.25, 0.3) is 6.08 Å². The normalized spacial score (nSPS) is 14.5. The van der Waals surface area contributed by atoms with E-state index in [1.165, 1.54) is 31.3 Å². The summed E-state index contributed by atoms with van der Waals surface area (Å²) in [4.78, 5) is 26.2. The molecule has 0 aliphatic heterocycles. The molecule has 19 heavy (non-hydrogen) atoms. The van der Waals surface area contributed by atoms with E-state index < -0.39 is 5.97 Å². The van der Waals surface area contributed by atoms with Gasteiger partial charge >= 0.3 is 5.97 Å². The van der Waals surface area contributed by atoms with E-state index >= 15 is 0 Å². The van der Waals surface area contributed by atoms with Crippen molar-refractivity contribution >= 4 is 18.0 Å². The van der Waals surface area contributed by atoms with Crippen LogP contribution in [0.5, 0.6) is 0 Å². The van der Waals surface area contributed by atoms with Crippen molar-refractivity contribution < 1.29 is 14.7 Å². The third-order valence-corrected chi connectivity index (χ3v) is 2.98. The summed E-state index contributed by atoms with van der Waals surface area (Å²) in [6.45, 7) is 0.679. The summed E-state index contributed by atoms with van der Waals surface area (Å²) < 4.78 is 0. The first kappa shape index (κ1) is 13.3. The fourth-order valence-electron chi connectivity index (χ4n) is 1.74. The van der Waals surface area contributed by atoms with Crippen LogP contribution in [0.4, 0.5) is 0 Å². The molecule has 0 atom stereocenters. The zero-order valence-corrected chi connectivity index (χ0v) is 10.5. The molecule has 5 nitrogen and oxygen atoms in total. The van der Waals surface area contributed by atoms with E-state index in [0.717, 1.165) is 18.4 Å². The minimum absolute atomic E-state index is 0.168. The van der Waals surface area contributed by atoms with E-state index in [4.69, 9.17) is 5.11 Å². The Morgan fingerprint density at radius 3 is 2.89 bits per heavy atom. The molecule has 2 rings (SSSR count). The molecule has 1 aromatic rings. The topological polar surface area (TPSA) is 79.3 Å². The Morgan fingerprint density at radius 1 is 1.42 bits per heavy atom. The van der Waals surface area contributed by atoms with Gasteiger partial charge in [-0.2, -0.15) is 0 Å². The summed E-state index contributed by atoms with van der Waals surface area (Å²) >= 11 is 0. The summed E-state index contributed by atoms with van der Waals surface area (Å²) in [6.07, 6.45) is 8.99. The Labute approximate surface area is 111 Å². The van der Waals surface area contributed by atoms with Gasteiger partial charge in [0.2, 0.25) is 0 Å². The molecule has 1 aliphatic carbocycles. The second-order valence-corrected chi connectivity index (χ2v) is 4.67. The van der Waals surface area contributed by atoms with Crippen LogP contribution in [0.3, 0.4) is 0 Å². The Bertz CT molecular complexity index is 507. The van der Waals surface area contributed by atoms with Gasteiger partial charge < -0.3 is 10.4 Å². The van der Waals surface area contributed by atoms with Gasteiger partial charge in [-0.15, -0.1) is 0 Å². The Kier molecular flexibility index (Phi) is 4.28. The molecule has 5 heteroatoms. The van der Waals surface area contributed by atoms with Gasteiger partial charge in [0.1, 0.15) is 0 Å². The van der Waals surface area contributed by atoms with Gasteiger partial charge in [-0.25, -0.2) is 4.79 Å². The van der Waals surface area contributed by atoms with Crippen LogP contribution in [-0.4, -0.2) is 28.5 Å². The Balaban J connectivity index is 1.92. The molecule has 1 aliphatic rings. The summed E-state index contributed by atoms with van der Waals surface area (Å²) in [7, 11) is 0. The third-order valence-electron chi connectivity index (χ3n) is 2.98. The number of pyridine rings is 1. The maximum Gasteiger partial charge on any atom is 0.328 e. The number of aliphatic carboxylic acids is 1. The van der Waals surface area contributed by atoms with Crippen LogP contribution in [0.1, 0.15) is 35.2 Å². The smallest absolute Gasteiger partial charge is 0.328 e. The van der Waals surface area contributed by atoms with Crippen LogP contribution in [-0.2, 0) is 4.79 Å². The maximum absolute atomic E-state index is 11.8. The van der Waals surface area contributed by atoms with E-state index in [2.05, 4.69) is 10.3 Å². The number of hydrogen-bond donors (Lipinski definition) is 2. The number of hydrogen-bond acceptors (Lipinski definition) is 3. The minimum atomic E-state index is -1.03. The lowest BCUT2D eigenvalue weighted by atomic mass is 10.2. The van der Waals surface area contributed by atoms with E-state index in [1.54, 1.807) is 6.07 Å². The van der Waals surface area contributed by atoms with Crippen LogP contribution in [0.15, 0.2) is 24.5 Å². The quantitative estimate of drug-likeness (QED) is 0.763. The van der Waals surface area contributed by atoms with Crippen molar-refractivity contribution in [2.75, 3.05) is 6.54 Å². The lowest BCUT2D eigenvalue weighted by Crippen LogP contribution is -2.24. The zero-order chi connectivity index (χ0) is 13.7. The number of carboxylic acid groups (broad SMARTS) is 1. The van der Waals surface area contributed by atoms with E-state index in [0.29, 0.717) is 17.7 Å². The lowest BCUT2D eigenvalue weighted by Gasteiger charge is -2.04. The standard InChI is InChI=1S/C14H16N2O3/c17-13(18)4-3-11-7-12(9-15-8-11)14(19)16-6-5-10-1-2-10/h3-4,7-10H,1-2,5-6H2,(H,16,19)(H,17,18). The highest BCUT2D eigenvalue weighted by Crippen LogP contribution is 2.31. The molecular weight excluding hydrogens is 244 g/mol. The maximum atomic E-state index is 11.8. The van der Waals surface area contributed by atoms with Crippen LogP contribution >= 0.6 is 0 Å². The molecule has 1 saturated carbocycles. The average molecular weight is 260 g/mol. The fourth-order valence-corrected chi connectivity index (χ4v) is 1.74. The molecule has 1 heterocycles. The van der Waals surface area contributed by atoms with Gasteiger partial charge in [0.15, 0.2) is 0 Å². The fraction of sp³-hybridized carbons (Fsp3) is 0.357. The first-order chi connectivity index (χ1) is 9.15. The van der Waals surface area contributed by atoms with Gasteiger partial charge in [-0.05, 0) is 30.0 Å².